The third-order valence-corrected chi connectivity index (χ3v) is 6.02. The molecule has 33 heavy (non-hydrogen) atoms. The number of imidazole rings is 1. The van der Waals surface area contributed by atoms with Crippen LogP contribution in [-0.4, -0.2) is 56.0 Å². The van der Waals surface area contributed by atoms with Gasteiger partial charge in [0.05, 0.1) is 27.5 Å². The fraction of sp³-hybridized carbons (Fsp3) is 0.238. The molecule has 1 aromatic heterocycles. The van der Waals surface area contributed by atoms with E-state index in [0.29, 0.717) is 30.2 Å². The van der Waals surface area contributed by atoms with Gasteiger partial charge in [0.1, 0.15) is 12.4 Å². The molecular weight excluding hydrogens is 473 g/mol. The molecule has 0 unspecified atom stereocenters. The lowest BCUT2D eigenvalue weighted by atomic mass is 10.1. The van der Waals surface area contributed by atoms with E-state index in [1.165, 1.54) is 30.3 Å². The number of benzene rings is 2. The maximum atomic E-state index is 14.5. The molecule has 3 aromatic rings. The molecule has 3 rings (SSSR count). The number of hydrogen-bond acceptors (Lipinski definition) is 6. The maximum absolute atomic E-state index is 14.5. The lowest BCUT2D eigenvalue weighted by Gasteiger charge is -2.13. The Hall–Kier alpha value is -2.99. The number of hydrogen-bond donors (Lipinski definition) is 2. The van der Waals surface area contributed by atoms with E-state index in [1.54, 1.807) is 30.2 Å². The monoisotopic (exact) mass is 495 g/mol. The van der Waals surface area contributed by atoms with E-state index in [1.807, 2.05) is 29.3 Å². The molecule has 2 aromatic carbocycles. The first-order chi connectivity index (χ1) is 15.6. The Balaban J connectivity index is 1.74. The molecule has 0 aliphatic rings. The minimum absolute atomic E-state index is 0.133. The number of rotatable bonds is 9. The van der Waals surface area contributed by atoms with E-state index in [4.69, 9.17) is 16.3 Å². The molecule has 176 valence electrons. The molecule has 0 saturated carbocycles. The number of hydrazine groups is 1. The standard InChI is InChI=1S/C21H23ClFN5O4S/c1-27(2)7-8-32-15-5-4-6-16(11-15)33(30,31)26-25-21(29)17-9-14(10-18(22)20(17)23)19-12-28(3)13-24-19/h4-6,9-13,26H,7-8H2,1-3H3,(H,25,29). The van der Waals surface area contributed by atoms with Crippen LogP contribution in [0.25, 0.3) is 11.3 Å². The van der Waals surface area contributed by atoms with Crippen molar-refractivity contribution in [2.24, 2.45) is 7.05 Å². The summed E-state index contributed by atoms with van der Waals surface area (Å²) >= 11 is 5.94. The summed E-state index contributed by atoms with van der Waals surface area (Å²) in [6, 6.07) is 8.37. The second-order valence-electron chi connectivity index (χ2n) is 7.43. The van der Waals surface area contributed by atoms with Gasteiger partial charge in [-0.3, -0.25) is 10.2 Å². The number of nitrogens with one attached hydrogen (secondary N) is 2. The van der Waals surface area contributed by atoms with Crippen molar-refractivity contribution in [1.82, 2.24) is 24.7 Å². The largest absolute Gasteiger partial charge is 0.492 e. The van der Waals surface area contributed by atoms with Crippen LogP contribution in [0.5, 0.6) is 5.75 Å². The fourth-order valence-electron chi connectivity index (χ4n) is 2.78. The topological polar surface area (TPSA) is 106 Å². The normalized spacial score (nSPS) is 11.6. The van der Waals surface area contributed by atoms with E-state index < -0.39 is 27.3 Å². The highest BCUT2D eigenvalue weighted by Gasteiger charge is 2.21. The smallest absolute Gasteiger partial charge is 0.269 e. The number of halogens is 2. The Morgan fingerprint density at radius 1 is 1.27 bits per heavy atom. The van der Waals surface area contributed by atoms with Gasteiger partial charge >= 0.3 is 0 Å². The van der Waals surface area contributed by atoms with Crippen LogP contribution < -0.4 is 15.0 Å². The van der Waals surface area contributed by atoms with E-state index in [2.05, 4.69) is 4.98 Å². The van der Waals surface area contributed by atoms with E-state index in [0.717, 1.165) is 0 Å². The minimum Gasteiger partial charge on any atom is -0.492 e. The summed E-state index contributed by atoms with van der Waals surface area (Å²) in [5.41, 5.74) is 2.45. The van der Waals surface area contributed by atoms with Crippen molar-refractivity contribution in [3.05, 3.63) is 65.3 Å². The van der Waals surface area contributed by atoms with Gasteiger partial charge in [0.15, 0.2) is 5.82 Å². The molecule has 0 fully saturated rings. The van der Waals surface area contributed by atoms with Crippen molar-refractivity contribution in [3.8, 4) is 17.0 Å². The predicted molar refractivity (Wildman–Crippen MR) is 122 cm³/mol. The third kappa shape index (κ3) is 6.29. The molecule has 0 aliphatic carbocycles. The Morgan fingerprint density at radius 2 is 2.03 bits per heavy atom. The molecule has 1 heterocycles. The summed E-state index contributed by atoms with van der Waals surface area (Å²) in [5, 5.41) is -0.297. The summed E-state index contributed by atoms with van der Waals surface area (Å²) in [5.74, 6) is -1.65. The van der Waals surface area contributed by atoms with Crippen molar-refractivity contribution in [3.63, 3.8) is 0 Å². The van der Waals surface area contributed by atoms with Gasteiger partial charge in [-0.2, -0.15) is 0 Å². The number of aromatic nitrogens is 2. The first kappa shape index (κ1) is 24.6. The van der Waals surface area contributed by atoms with Crippen LogP contribution in [0.3, 0.4) is 0 Å². The average Bonchev–Trinajstić information content (AvgIpc) is 3.20. The Labute approximate surface area is 196 Å². The summed E-state index contributed by atoms with van der Waals surface area (Å²) in [7, 11) is 1.38. The summed E-state index contributed by atoms with van der Waals surface area (Å²) in [4.78, 5) is 20.5. The van der Waals surface area contributed by atoms with Crippen molar-refractivity contribution < 1.29 is 22.3 Å². The second-order valence-corrected chi connectivity index (χ2v) is 9.52. The molecular formula is C21H23ClFN5O4S. The number of aryl methyl sites for hydroxylation is 1. The molecule has 0 bridgehead atoms. The number of nitrogens with zero attached hydrogens (tertiary/aromatic N) is 3. The average molecular weight is 496 g/mol. The quantitative estimate of drug-likeness (QED) is 0.442. The molecule has 0 aliphatic heterocycles. The van der Waals surface area contributed by atoms with Crippen LogP contribution in [0.15, 0.2) is 53.8 Å². The zero-order valence-corrected chi connectivity index (χ0v) is 19.7. The van der Waals surface area contributed by atoms with Crippen molar-refractivity contribution in [2.45, 2.75) is 4.90 Å². The number of carbonyl (C=O) groups is 1. The van der Waals surface area contributed by atoms with E-state index in [-0.39, 0.29) is 9.92 Å². The summed E-state index contributed by atoms with van der Waals surface area (Å²) in [6.45, 7) is 1.02. The number of sulfonamides is 1. The van der Waals surface area contributed by atoms with Crippen molar-refractivity contribution >= 4 is 27.5 Å². The lowest BCUT2D eigenvalue weighted by Crippen LogP contribution is -2.41. The van der Waals surface area contributed by atoms with Crippen LogP contribution in [0.2, 0.25) is 5.02 Å². The van der Waals surface area contributed by atoms with Gasteiger partial charge in [-0.25, -0.2) is 17.8 Å². The van der Waals surface area contributed by atoms with Gasteiger partial charge in [-0.05, 0) is 38.4 Å². The van der Waals surface area contributed by atoms with Gasteiger partial charge in [-0.15, -0.1) is 4.83 Å². The molecule has 2 N–H and O–H groups in total. The molecule has 0 atom stereocenters. The van der Waals surface area contributed by atoms with Gasteiger partial charge < -0.3 is 14.2 Å². The van der Waals surface area contributed by atoms with Gasteiger partial charge in [0.2, 0.25) is 0 Å². The maximum Gasteiger partial charge on any atom is 0.269 e. The number of amides is 1. The second kappa shape index (κ2) is 10.3. The number of likely N-dealkylation sites (N-methyl/N-ethyl adjacent to an activating group) is 1. The summed E-state index contributed by atoms with van der Waals surface area (Å²) in [6.07, 6.45) is 3.21. The van der Waals surface area contributed by atoms with Crippen LogP contribution in [0, 0.1) is 5.82 Å². The highest BCUT2D eigenvalue weighted by Crippen LogP contribution is 2.27. The highest BCUT2D eigenvalue weighted by molar-refractivity contribution is 7.89. The van der Waals surface area contributed by atoms with Crippen LogP contribution >= 0.6 is 11.6 Å². The predicted octanol–water partition coefficient (Wildman–Crippen LogP) is 2.44. The number of carbonyl (C=O) groups excluding carboxylic acids is 1. The molecule has 0 saturated heterocycles. The SMILES string of the molecule is CN(C)CCOc1cccc(S(=O)(=O)NNC(=O)c2cc(-c3cn(C)cn3)cc(Cl)c2F)c1. The summed E-state index contributed by atoms with van der Waals surface area (Å²) < 4.78 is 47.0. The molecule has 0 radical (unpaired) electrons. The van der Waals surface area contributed by atoms with Crippen LogP contribution in [0.4, 0.5) is 4.39 Å². The van der Waals surface area contributed by atoms with Crippen molar-refractivity contribution in [1.29, 1.82) is 0 Å². The van der Waals surface area contributed by atoms with Crippen LogP contribution in [0.1, 0.15) is 10.4 Å². The highest BCUT2D eigenvalue weighted by atomic mass is 35.5. The molecule has 0 spiro atoms. The molecule has 1 amide bonds. The van der Waals surface area contributed by atoms with E-state index in [9.17, 15) is 17.6 Å². The molecule has 9 nitrogen and oxygen atoms in total. The zero-order chi connectivity index (χ0) is 24.2. The van der Waals surface area contributed by atoms with E-state index >= 15 is 0 Å². The number of ether oxygens (including phenoxy) is 1. The third-order valence-electron chi connectivity index (χ3n) is 4.50. The van der Waals surface area contributed by atoms with Gasteiger partial charge in [-0.1, -0.05) is 17.7 Å². The van der Waals surface area contributed by atoms with Crippen LogP contribution in [-0.2, 0) is 17.1 Å². The fourth-order valence-corrected chi connectivity index (χ4v) is 3.87. The van der Waals surface area contributed by atoms with Gasteiger partial charge in [0.25, 0.3) is 15.9 Å². The lowest BCUT2D eigenvalue weighted by molar-refractivity contribution is 0.0941. The zero-order valence-electron chi connectivity index (χ0n) is 18.2. The minimum atomic E-state index is -4.15. The van der Waals surface area contributed by atoms with Gasteiger partial charge in [0, 0.05) is 31.4 Å². The Kier molecular flexibility index (Phi) is 7.69. The first-order valence-electron chi connectivity index (χ1n) is 9.74. The molecule has 12 heteroatoms. The van der Waals surface area contributed by atoms with Crippen molar-refractivity contribution in [2.75, 3.05) is 27.2 Å². The Bertz CT molecular complexity index is 1260. The first-order valence-corrected chi connectivity index (χ1v) is 11.6. The Morgan fingerprint density at radius 3 is 2.70 bits per heavy atom.